The van der Waals surface area contributed by atoms with E-state index in [1.807, 2.05) is 36.4 Å². The van der Waals surface area contributed by atoms with Crippen LogP contribution in [-0.4, -0.2) is 17.8 Å². The van der Waals surface area contributed by atoms with E-state index < -0.39 is 17.8 Å². The number of nitrogens with zero attached hydrogens (tertiary/aromatic N) is 1. The molecule has 34 heavy (non-hydrogen) atoms. The van der Waals surface area contributed by atoms with Gasteiger partial charge in [0.2, 0.25) is 0 Å². The third-order valence-electron chi connectivity index (χ3n) is 4.81. The summed E-state index contributed by atoms with van der Waals surface area (Å²) < 4.78 is 9.49. The van der Waals surface area contributed by atoms with Gasteiger partial charge in [-0.3, -0.25) is 14.9 Å². The molecule has 4 rings (SSSR count). The number of imide groups is 2. The van der Waals surface area contributed by atoms with E-state index >= 15 is 0 Å². The van der Waals surface area contributed by atoms with E-state index in [0.29, 0.717) is 17.9 Å². The van der Waals surface area contributed by atoms with Gasteiger partial charge in [0.15, 0.2) is 0 Å². The Kier molecular flexibility index (Phi) is 8.10. The van der Waals surface area contributed by atoms with Crippen molar-refractivity contribution in [3.05, 3.63) is 93.4 Å². The molecule has 1 aliphatic heterocycles. The zero-order valence-electron chi connectivity index (χ0n) is 17.2. The first kappa shape index (κ1) is 25.3. The fraction of sp³-hybridized carbons (Fsp3) is 0.0417. The number of benzene rings is 3. The number of hydrogen-bond donors (Lipinski definition) is 1. The highest BCUT2D eigenvalue weighted by Crippen LogP contribution is 2.31. The van der Waals surface area contributed by atoms with Crippen molar-refractivity contribution in [3.63, 3.8) is 0 Å². The molecule has 3 aromatic carbocycles. The summed E-state index contributed by atoms with van der Waals surface area (Å²) in [5, 5.41) is 2.24. The Morgan fingerprint density at radius 1 is 0.882 bits per heavy atom. The second kappa shape index (κ2) is 10.9. The van der Waals surface area contributed by atoms with Gasteiger partial charge in [-0.2, -0.15) is 0 Å². The maximum Gasteiger partial charge on any atom is 0.335 e. The van der Waals surface area contributed by atoms with Crippen LogP contribution in [0.3, 0.4) is 0 Å². The van der Waals surface area contributed by atoms with E-state index in [2.05, 4.69) is 82.4 Å². The summed E-state index contributed by atoms with van der Waals surface area (Å²) in [6.45, 7) is 0.408. The number of carbonyl (C=O) groups excluding carboxylic acids is 3. The highest BCUT2D eigenvalue weighted by atomic mass is 127. The molecule has 1 fully saturated rings. The number of nitrogens with one attached hydrogen (secondary N) is 1. The Bertz CT molecular complexity index is 1300. The number of carbonyl (C=O) groups is 3. The third kappa shape index (κ3) is 5.71. The van der Waals surface area contributed by atoms with E-state index in [0.717, 1.165) is 32.3 Å². The second-order valence-corrected chi connectivity index (χ2v) is 11.3. The van der Waals surface area contributed by atoms with Gasteiger partial charge in [-0.25, -0.2) is 9.69 Å². The van der Waals surface area contributed by atoms with Crippen molar-refractivity contribution in [1.29, 1.82) is 0 Å². The highest BCUT2D eigenvalue weighted by Gasteiger charge is 2.36. The van der Waals surface area contributed by atoms with Crippen molar-refractivity contribution in [2.45, 2.75) is 6.61 Å². The number of barbiturate groups is 1. The summed E-state index contributed by atoms with van der Waals surface area (Å²) in [6, 6.07) is 17.4. The van der Waals surface area contributed by atoms with Gasteiger partial charge < -0.3 is 4.74 Å². The van der Waals surface area contributed by atoms with Gasteiger partial charge in [0.05, 0.1) is 12.8 Å². The molecule has 0 aromatic heterocycles. The van der Waals surface area contributed by atoms with E-state index in [9.17, 15) is 14.4 Å². The van der Waals surface area contributed by atoms with E-state index in [1.54, 1.807) is 24.3 Å². The predicted octanol–water partition coefficient (Wildman–Crippen LogP) is 6.67. The molecular formula is C24H14Br2I2N2O4. The molecule has 0 bridgehead atoms. The van der Waals surface area contributed by atoms with Crippen LogP contribution < -0.4 is 15.0 Å². The Morgan fingerprint density at radius 3 is 2.03 bits per heavy atom. The molecule has 10 heteroatoms. The summed E-state index contributed by atoms with van der Waals surface area (Å²) in [7, 11) is 0. The van der Waals surface area contributed by atoms with E-state index in [4.69, 9.17) is 4.74 Å². The van der Waals surface area contributed by atoms with Crippen LogP contribution in [0.2, 0.25) is 0 Å². The molecule has 172 valence electrons. The zero-order valence-corrected chi connectivity index (χ0v) is 24.6. The maximum atomic E-state index is 13.1. The summed E-state index contributed by atoms with van der Waals surface area (Å²) in [6.07, 6.45) is 1.48. The monoisotopic (exact) mass is 806 g/mol. The first-order valence-electron chi connectivity index (χ1n) is 9.76. The minimum absolute atomic E-state index is 0.127. The molecule has 1 N–H and O–H groups in total. The number of anilines is 1. The van der Waals surface area contributed by atoms with Crippen LogP contribution >= 0.6 is 77.0 Å². The van der Waals surface area contributed by atoms with Crippen molar-refractivity contribution in [2.75, 3.05) is 4.90 Å². The van der Waals surface area contributed by atoms with Crippen LogP contribution in [0.4, 0.5) is 10.5 Å². The molecule has 0 saturated carbocycles. The lowest BCUT2D eigenvalue weighted by Gasteiger charge is -2.26. The van der Waals surface area contributed by atoms with Gasteiger partial charge in [-0.05, 0) is 111 Å². The standard InChI is InChI=1S/C24H14Br2I2N2O4/c25-15-3-1-13(2-4-15)12-34-21-19(27)10-14(11-20(21)28)9-18-22(31)29-24(33)30(23(18)32)17-7-5-16(26)6-8-17/h1-11H,12H2,(H,29,31,33)/b18-9+. The molecule has 1 heterocycles. The number of amides is 4. The van der Waals surface area contributed by atoms with Gasteiger partial charge in [0.1, 0.15) is 17.9 Å². The Balaban J connectivity index is 1.60. The second-order valence-electron chi connectivity index (χ2n) is 7.16. The molecule has 0 spiro atoms. The van der Waals surface area contributed by atoms with Gasteiger partial charge in [-0.1, -0.05) is 44.0 Å². The average molecular weight is 808 g/mol. The first-order valence-corrected chi connectivity index (χ1v) is 13.5. The Labute approximate surface area is 239 Å². The van der Waals surface area contributed by atoms with Crippen LogP contribution in [0.5, 0.6) is 5.75 Å². The number of ether oxygens (including phenoxy) is 1. The number of halogens is 4. The number of hydrogen-bond acceptors (Lipinski definition) is 4. The SMILES string of the molecule is O=C1NC(=O)N(c2ccc(Br)cc2)C(=O)/C1=C/c1cc(I)c(OCc2ccc(Br)cc2)c(I)c1. The normalized spacial score (nSPS) is 15.0. The lowest BCUT2D eigenvalue weighted by Crippen LogP contribution is -2.54. The quantitative estimate of drug-likeness (QED) is 0.178. The zero-order chi connectivity index (χ0) is 24.4. The summed E-state index contributed by atoms with van der Waals surface area (Å²) >= 11 is 11.1. The van der Waals surface area contributed by atoms with E-state index in [1.165, 1.54) is 6.08 Å². The van der Waals surface area contributed by atoms with Crippen LogP contribution in [0.1, 0.15) is 11.1 Å². The average Bonchev–Trinajstić information content (AvgIpc) is 2.78. The lowest BCUT2D eigenvalue weighted by atomic mass is 10.1. The topological polar surface area (TPSA) is 75.7 Å². The van der Waals surface area contributed by atoms with Crippen LogP contribution in [0, 0.1) is 7.14 Å². The van der Waals surface area contributed by atoms with Crippen molar-refractivity contribution < 1.29 is 19.1 Å². The minimum Gasteiger partial charge on any atom is -0.487 e. The summed E-state index contributed by atoms with van der Waals surface area (Å²) in [4.78, 5) is 38.9. The first-order chi connectivity index (χ1) is 16.2. The van der Waals surface area contributed by atoms with Gasteiger partial charge in [0.25, 0.3) is 11.8 Å². The molecule has 1 saturated heterocycles. The highest BCUT2D eigenvalue weighted by molar-refractivity contribution is 14.1. The molecule has 0 unspecified atom stereocenters. The fourth-order valence-electron chi connectivity index (χ4n) is 3.19. The smallest absolute Gasteiger partial charge is 0.335 e. The minimum atomic E-state index is -0.782. The molecule has 0 aliphatic carbocycles. The van der Waals surface area contributed by atoms with Gasteiger partial charge in [-0.15, -0.1) is 0 Å². The molecule has 6 nitrogen and oxygen atoms in total. The van der Waals surface area contributed by atoms with E-state index in [-0.39, 0.29) is 5.57 Å². The molecule has 1 aliphatic rings. The number of urea groups is 1. The van der Waals surface area contributed by atoms with Crippen molar-refractivity contribution in [3.8, 4) is 5.75 Å². The predicted molar refractivity (Wildman–Crippen MR) is 153 cm³/mol. The maximum absolute atomic E-state index is 13.1. The fourth-order valence-corrected chi connectivity index (χ4v) is 5.84. The van der Waals surface area contributed by atoms with Crippen LogP contribution in [-0.2, 0) is 16.2 Å². The molecule has 4 amide bonds. The van der Waals surface area contributed by atoms with Gasteiger partial charge >= 0.3 is 6.03 Å². The number of rotatable bonds is 5. The summed E-state index contributed by atoms with van der Waals surface area (Å²) in [5.41, 5.74) is 1.92. The lowest BCUT2D eigenvalue weighted by molar-refractivity contribution is -0.122. The Hall–Kier alpha value is -1.77. The van der Waals surface area contributed by atoms with Crippen LogP contribution in [0.15, 0.2) is 75.2 Å². The molecule has 3 aromatic rings. The molecule has 0 atom stereocenters. The van der Waals surface area contributed by atoms with Crippen molar-refractivity contribution in [1.82, 2.24) is 5.32 Å². The molecular weight excluding hydrogens is 794 g/mol. The Morgan fingerprint density at radius 2 is 1.44 bits per heavy atom. The third-order valence-corrected chi connectivity index (χ3v) is 7.47. The van der Waals surface area contributed by atoms with Crippen LogP contribution in [0.25, 0.3) is 6.08 Å². The molecule has 0 radical (unpaired) electrons. The van der Waals surface area contributed by atoms with Gasteiger partial charge in [0, 0.05) is 8.95 Å². The largest absolute Gasteiger partial charge is 0.487 e. The van der Waals surface area contributed by atoms with Crippen molar-refractivity contribution >= 4 is 107 Å². The van der Waals surface area contributed by atoms with Crippen molar-refractivity contribution in [2.24, 2.45) is 0 Å². The summed E-state index contributed by atoms with van der Waals surface area (Å²) in [5.74, 6) is -0.696.